The van der Waals surface area contributed by atoms with Crippen molar-refractivity contribution in [2.45, 2.75) is 13.3 Å². The van der Waals surface area contributed by atoms with Gasteiger partial charge in [-0.25, -0.2) is 0 Å². The Morgan fingerprint density at radius 2 is 1.84 bits per heavy atom. The van der Waals surface area contributed by atoms with Crippen molar-refractivity contribution >= 4 is 11.8 Å². The zero-order valence-corrected chi connectivity index (χ0v) is 14.7. The van der Waals surface area contributed by atoms with Crippen LogP contribution in [0.4, 0.5) is 0 Å². The zero-order valence-electron chi connectivity index (χ0n) is 14.7. The lowest BCUT2D eigenvalue weighted by Gasteiger charge is -2.17. The number of carbonyl (C=O) groups excluding carboxylic acids is 2. The molecule has 2 aromatic carbocycles. The highest BCUT2D eigenvalue weighted by atomic mass is 16.5. The van der Waals surface area contributed by atoms with E-state index >= 15 is 0 Å². The molecule has 0 saturated heterocycles. The maximum absolute atomic E-state index is 12.1. The number of hydrogen-bond acceptors (Lipinski definition) is 3. The summed E-state index contributed by atoms with van der Waals surface area (Å²) in [6.07, 6.45) is 0.263. The van der Waals surface area contributed by atoms with E-state index in [-0.39, 0.29) is 18.2 Å². The lowest BCUT2D eigenvalue weighted by Crippen LogP contribution is -2.34. The van der Waals surface area contributed by atoms with Crippen molar-refractivity contribution in [1.29, 1.82) is 0 Å². The van der Waals surface area contributed by atoms with Gasteiger partial charge in [0.1, 0.15) is 12.4 Å². The van der Waals surface area contributed by atoms with E-state index in [0.29, 0.717) is 25.3 Å². The molecule has 0 atom stereocenters. The molecule has 0 aromatic heterocycles. The Bertz CT molecular complexity index is 701. The van der Waals surface area contributed by atoms with Crippen LogP contribution in [0.3, 0.4) is 0 Å². The highest BCUT2D eigenvalue weighted by molar-refractivity contribution is 5.94. The highest BCUT2D eigenvalue weighted by Gasteiger charge is 2.10. The first kappa shape index (κ1) is 18.5. The maximum atomic E-state index is 12.1. The van der Waals surface area contributed by atoms with E-state index in [1.165, 1.54) is 0 Å². The molecule has 0 heterocycles. The number of amides is 2. The fourth-order valence-electron chi connectivity index (χ4n) is 2.30. The van der Waals surface area contributed by atoms with Crippen molar-refractivity contribution in [2.75, 3.05) is 26.7 Å². The third-order valence-electron chi connectivity index (χ3n) is 3.77. The molecule has 0 bridgehead atoms. The molecule has 0 saturated carbocycles. The summed E-state index contributed by atoms with van der Waals surface area (Å²) in [5, 5.41) is 2.78. The molecule has 0 fully saturated rings. The second-order valence-corrected chi connectivity index (χ2v) is 5.85. The molecule has 0 spiro atoms. The Labute approximate surface area is 148 Å². The molecule has 132 valence electrons. The summed E-state index contributed by atoms with van der Waals surface area (Å²) >= 11 is 0. The van der Waals surface area contributed by atoms with Crippen LogP contribution in [0, 0.1) is 6.92 Å². The Hall–Kier alpha value is -2.82. The van der Waals surface area contributed by atoms with Gasteiger partial charge in [-0.05, 0) is 31.2 Å². The van der Waals surface area contributed by atoms with Crippen LogP contribution in [-0.4, -0.2) is 43.5 Å². The van der Waals surface area contributed by atoms with Crippen molar-refractivity contribution in [1.82, 2.24) is 10.2 Å². The van der Waals surface area contributed by atoms with E-state index in [0.717, 1.165) is 11.3 Å². The normalized spacial score (nSPS) is 10.2. The summed E-state index contributed by atoms with van der Waals surface area (Å²) in [5.74, 6) is 0.599. The van der Waals surface area contributed by atoms with Crippen LogP contribution < -0.4 is 10.1 Å². The number of hydrogen-bond donors (Lipinski definition) is 1. The molecule has 0 aliphatic rings. The highest BCUT2D eigenvalue weighted by Crippen LogP contribution is 2.08. The van der Waals surface area contributed by atoms with Gasteiger partial charge in [-0.2, -0.15) is 0 Å². The van der Waals surface area contributed by atoms with Gasteiger partial charge in [0, 0.05) is 25.6 Å². The molecule has 2 aromatic rings. The summed E-state index contributed by atoms with van der Waals surface area (Å²) in [4.78, 5) is 25.7. The number of para-hydroxylation sites is 1. The number of carbonyl (C=O) groups is 2. The SMILES string of the molecule is Cc1cccc(C(=O)NCCC(=O)N(C)CCOc2ccccc2)c1. The molecule has 5 heteroatoms. The molecule has 0 aliphatic heterocycles. The average molecular weight is 340 g/mol. The van der Waals surface area contributed by atoms with Gasteiger partial charge in [-0.3, -0.25) is 9.59 Å². The lowest BCUT2D eigenvalue weighted by atomic mass is 10.1. The van der Waals surface area contributed by atoms with Crippen molar-refractivity contribution in [2.24, 2.45) is 0 Å². The number of rotatable bonds is 8. The van der Waals surface area contributed by atoms with E-state index < -0.39 is 0 Å². The summed E-state index contributed by atoms with van der Waals surface area (Å²) < 4.78 is 5.57. The van der Waals surface area contributed by atoms with E-state index in [1.54, 1.807) is 18.0 Å². The fourth-order valence-corrected chi connectivity index (χ4v) is 2.30. The third kappa shape index (κ3) is 6.30. The van der Waals surface area contributed by atoms with Crippen molar-refractivity contribution < 1.29 is 14.3 Å². The summed E-state index contributed by atoms with van der Waals surface area (Å²) in [6, 6.07) is 16.9. The van der Waals surface area contributed by atoms with Gasteiger partial charge in [-0.15, -0.1) is 0 Å². The van der Waals surface area contributed by atoms with Crippen molar-refractivity contribution in [3.63, 3.8) is 0 Å². The predicted molar refractivity (Wildman–Crippen MR) is 97.7 cm³/mol. The topological polar surface area (TPSA) is 58.6 Å². The molecule has 2 rings (SSSR count). The molecule has 25 heavy (non-hydrogen) atoms. The summed E-state index contributed by atoms with van der Waals surface area (Å²) in [5.41, 5.74) is 1.64. The molecule has 0 aliphatic carbocycles. The minimum Gasteiger partial charge on any atom is -0.492 e. The monoisotopic (exact) mass is 340 g/mol. The Morgan fingerprint density at radius 1 is 1.08 bits per heavy atom. The van der Waals surface area contributed by atoms with Gasteiger partial charge in [0.25, 0.3) is 5.91 Å². The molecular formula is C20H24N2O3. The molecule has 2 amide bonds. The molecule has 0 unspecified atom stereocenters. The quantitative estimate of drug-likeness (QED) is 0.804. The molecule has 1 N–H and O–H groups in total. The zero-order chi connectivity index (χ0) is 18.1. The van der Waals surface area contributed by atoms with Crippen LogP contribution in [0.5, 0.6) is 5.75 Å². The largest absolute Gasteiger partial charge is 0.492 e. The molecule has 5 nitrogen and oxygen atoms in total. The Kier molecular flexibility index (Phi) is 7.01. The smallest absolute Gasteiger partial charge is 0.251 e. The number of nitrogens with zero attached hydrogens (tertiary/aromatic N) is 1. The van der Waals surface area contributed by atoms with Crippen molar-refractivity contribution in [3.8, 4) is 5.75 Å². The maximum Gasteiger partial charge on any atom is 0.251 e. The fraction of sp³-hybridized carbons (Fsp3) is 0.300. The van der Waals surface area contributed by atoms with E-state index in [9.17, 15) is 9.59 Å². The van der Waals surface area contributed by atoms with Crippen LogP contribution in [0.15, 0.2) is 54.6 Å². The minimum atomic E-state index is -0.161. The number of aryl methyl sites for hydroxylation is 1. The van der Waals surface area contributed by atoms with Crippen LogP contribution in [0.2, 0.25) is 0 Å². The minimum absolute atomic E-state index is 0.0267. The van der Waals surface area contributed by atoms with E-state index in [1.807, 2.05) is 55.5 Å². The second-order valence-electron chi connectivity index (χ2n) is 5.85. The van der Waals surface area contributed by atoms with Gasteiger partial charge in [0.2, 0.25) is 5.91 Å². The van der Waals surface area contributed by atoms with Crippen LogP contribution in [0.25, 0.3) is 0 Å². The number of likely N-dealkylation sites (N-methyl/N-ethyl adjacent to an activating group) is 1. The summed E-state index contributed by atoms with van der Waals surface area (Å²) in [6.45, 7) is 3.18. The third-order valence-corrected chi connectivity index (χ3v) is 3.77. The first-order valence-corrected chi connectivity index (χ1v) is 8.33. The van der Waals surface area contributed by atoms with Gasteiger partial charge >= 0.3 is 0 Å². The Morgan fingerprint density at radius 3 is 2.56 bits per heavy atom. The predicted octanol–water partition coefficient (Wildman–Crippen LogP) is 2.65. The van der Waals surface area contributed by atoms with Gasteiger partial charge in [0.15, 0.2) is 0 Å². The van der Waals surface area contributed by atoms with Crippen LogP contribution in [-0.2, 0) is 4.79 Å². The van der Waals surface area contributed by atoms with Gasteiger partial charge in [-0.1, -0.05) is 35.9 Å². The first-order valence-electron chi connectivity index (χ1n) is 8.33. The van der Waals surface area contributed by atoms with Crippen LogP contribution >= 0.6 is 0 Å². The summed E-state index contributed by atoms with van der Waals surface area (Å²) in [7, 11) is 1.74. The van der Waals surface area contributed by atoms with Crippen molar-refractivity contribution in [3.05, 3.63) is 65.7 Å². The molecule has 0 radical (unpaired) electrons. The number of ether oxygens (including phenoxy) is 1. The molecular weight excluding hydrogens is 316 g/mol. The van der Waals surface area contributed by atoms with E-state index in [2.05, 4.69) is 5.32 Å². The van der Waals surface area contributed by atoms with Gasteiger partial charge in [0.05, 0.1) is 6.54 Å². The van der Waals surface area contributed by atoms with Crippen LogP contribution in [0.1, 0.15) is 22.3 Å². The average Bonchev–Trinajstić information content (AvgIpc) is 2.62. The lowest BCUT2D eigenvalue weighted by molar-refractivity contribution is -0.130. The number of benzene rings is 2. The second kappa shape index (κ2) is 9.47. The van der Waals surface area contributed by atoms with E-state index in [4.69, 9.17) is 4.74 Å². The Balaban J connectivity index is 1.66. The first-order chi connectivity index (χ1) is 12.1. The van der Waals surface area contributed by atoms with Gasteiger partial charge < -0.3 is 15.0 Å². The standard InChI is InChI=1S/C20H24N2O3/c1-16-7-6-8-17(15-16)20(24)21-12-11-19(23)22(2)13-14-25-18-9-4-3-5-10-18/h3-10,15H,11-14H2,1-2H3,(H,21,24). The number of nitrogens with one attached hydrogen (secondary N) is 1.